The third-order valence-corrected chi connectivity index (χ3v) is 0. The van der Waals surface area contributed by atoms with Gasteiger partial charge in [-0.25, -0.2) is 0 Å². The van der Waals surface area contributed by atoms with Gasteiger partial charge in [0.05, 0.1) is 0 Å². The fraction of sp³-hybridized carbons (Fsp3) is 0. The van der Waals surface area contributed by atoms with Crippen LogP contribution in [0.1, 0.15) is 0 Å². The Balaban J connectivity index is -0.00000000256. The van der Waals surface area contributed by atoms with Gasteiger partial charge in [0.2, 0.25) is 0 Å². The van der Waals surface area contributed by atoms with Crippen LogP contribution in [0.2, 0.25) is 0 Å². The van der Waals surface area contributed by atoms with E-state index in [4.69, 9.17) is 23.0 Å². The Kier molecular flexibility index (Phi) is 4640. The fourth-order valence-corrected chi connectivity index (χ4v) is 0. The van der Waals surface area contributed by atoms with Crippen LogP contribution < -0.4 is 0 Å². The molecule has 11 heteroatoms. The van der Waals surface area contributed by atoms with Gasteiger partial charge < -0.3 is 31.3 Å². The number of hydrogen-bond acceptors (Lipinski definition) is 5. The molecule has 0 heterocycles. The Morgan fingerprint density at radius 3 is 0.667 bits per heavy atom. The molecule has 0 unspecified atom stereocenters. The van der Waals surface area contributed by atoms with Gasteiger partial charge in [-0.15, -0.1) is 0 Å². The van der Waals surface area contributed by atoms with Crippen LogP contribution >= 0.6 is 0 Å². The fourth-order valence-electron chi connectivity index (χ4n) is 0. The van der Waals surface area contributed by atoms with Crippen LogP contribution in [-0.4, -0.2) is 28.7 Å². The number of carbonyl (C=O) groups excluding carboxylic acids is 4. The summed E-state index contributed by atoms with van der Waals surface area (Å²) in [5, 5.41) is 0. The molecule has 0 aromatic rings. The van der Waals surface area contributed by atoms with Crippen molar-refractivity contribution in [3.05, 3.63) is 14.9 Å². The van der Waals surface area contributed by atoms with E-state index < -0.39 is 0 Å². The van der Waals surface area contributed by atoms with E-state index in [1.807, 2.05) is 0 Å². The summed E-state index contributed by atoms with van der Waals surface area (Å²) >= 11 is 2.94. The van der Waals surface area contributed by atoms with Crippen LogP contribution in [0.15, 0.2) is 0 Å². The van der Waals surface area contributed by atoms with Gasteiger partial charge >= 0.3 is 49.2 Å². The summed E-state index contributed by atoms with van der Waals surface area (Å²) in [6.45, 7) is 0. The SMILES string of the molecule is O.O.O.O=C=O.O=C=O.[CH3-].[CH3-].[Cu+2].[Cu].[O]=[Cu]. The van der Waals surface area contributed by atoms with E-state index in [0.717, 1.165) is 0 Å². The van der Waals surface area contributed by atoms with E-state index in [0.29, 0.717) is 0 Å². The molecule has 0 aliphatic heterocycles. The van der Waals surface area contributed by atoms with Crippen molar-refractivity contribution in [2.75, 3.05) is 0 Å². The molecule has 0 aromatic heterocycles. The number of rotatable bonds is 0. The molecule has 109 valence electrons. The summed E-state index contributed by atoms with van der Waals surface area (Å²) in [7, 11) is 0. The van der Waals surface area contributed by atoms with Crippen LogP contribution in [0.3, 0.4) is 0 Å². The molecule has 0 aliphatic rings. The van der Waals surface area contributed by atoms with E-state index >= 15 is 0 Å². The molecular formula is C4H12Cu3O8. The van der Waals surface area contributed by atoms with Crippen molar-refractivity contribution in [3.63, 3.8) is 0 Å². The van der Waals surface area contributed by atoms with E-state index in [2.05, 4.69) is 15.9 Å². The molecule has 6 N–H and O–H groups in total. The summed E-state index contributed by atoms with van der Waals surface area (Å²) in [6, 6.07) is 0. The van der Waals surface area contributed by atoms with Crippen molar-refractivity contribution >= 4 is 12.3 Å². The molecule has 0 aliphatic carbocycles. The molecule has 8 nitrogen and oxygen atoms in total. The summed E-state index contributed by atoms with van der Waals surface area (Å²) in [4.78, 5) is 32.5. The topological polar surface area (TPSA) is 180 Å². The quantitative estimate of drug-likeness (QED) is 0.324. The summed E-state index contributed by atoms with van der Waals surface area (Å²) in [5.74, 6) is 0. The molecular weight excluding hydrogens is 367 g/mol. The molecule has 0 bridgehead atoms. The van der Waals surface area contributed by atoms with Gasteiger partial charge in [0.25, 0.3) is 0 Å². The average Bonchev–Trinajstić information content (AvgIpc) is 1.75. The second kappa shape index (κ2) is 592. The standard InChI is InChI=1S/2CO2.2CH3.3Cu.3H2O.O/c2*2-1-3;;;;;;;;;/h;;2*1H3;;;;3*1H2;/q;;2*-1;;;+2;;;;. The maximum atomic E-state index is 8.12. The molecule has 0 spiro atoms. The van der Waals surface area contributed by atoms with Gasteiger partial charge in [-0.1, -0.05) is 0 Å². The molecule has 0 aromatic carbocycles. The second-order valence-corrected chi connectivity index (χ2v) is 0.167. The normalized spacial score (nSPS) is 1.47. The first-order valence-electron chi connectivity index (χ1n) is 0.940. The zero-order valence-corrected chi connectivity index (χ0v) is 10.3. The van der Waals surface area contributed by atoms with Crippen LogP contribution in [0.5, 0.6) is 0 Å². The zero-order chi connectivity index (χ0) is 7.41. The van der Waals surface area contributed by atoms with E-state index in [9.17, 15) is 0 Å². The molecule has 0 amide bonds. The van der Waals surface area contributed by atoms with Crippen molar-refractivity contribution in [1.82, 2.24) is 0 Å². The predicted octanol–water partition coefficient (Wildman–Crippen LogP) is -2.87. The minimum atomic E-state index is 0. The molecule has 0 saturated heterocycles. The molecule has 2 radical (unpaired) electrons. The zero-order valence-electron chi connectivity index (χ0n) is 7.45. The van der Waals surface area contributed by atoms with Gasteiger partial charge in [0.15, 0.2) is 0 Å². The van der Waals surface area contributed by atoms with Crippen molar-refractivity contribution in [3.8, 4) is 0 Å². The van der Waals surface area contributed by atoms with E-state index in [1.54, 1.807) is 0 Å². The number of hydrogen-bond donors (Lipinski definition) is 0. The molecule has 15 heavy (non-hydrogen) atoms. The Hall–Kier alpha value is -0.00156. The van der Waals surface area contributed by atoms with Crippen LogP contribution in [0, 0.1) is 14.9 Å². The van der Waals surface area contributed by atoms with Gasteiger partial charge in [-0.05, 0) is 0 Å². The molecule has 0 atom stereocenters. The van der Waals surface area contributed by atoms with Crippen molar-refractivity contribution in [2.45, 2.75) is 0 Å². The van der Waals surface area contributed by atoms with Gasteiger partial charge in [0, 0.05) is 17.1 Å². The molecule has 0 saturated carbocycles. The van der Waals surface area contributed by atoms with Gasteiger partial charge in [-0.2, -0.15) is 19.2 Å². The van der Waals surface area contributed by atoms with Crippen molar-refractivity contribution in [2.24, 2.45) is 0 Å². The Labute approximate surface area is 116 Å². The first kappa shape index (κ1) is 118. The van der Waals surface area contributed by atoms with Crippen molar-refractivity contribution < 1.29 is 89.5 Å². The second-order valence-electron chi connectivity index (χ2n) is 0.167. The summed E-state index contributed by atoms with van der Waals surface area (Å²) in [5.41, 5.74) is 0. The Morgan fingerprint density at radius 1 is 0.667 bits per heavy atom. The monoisotopic (exact) mass is 377 g/mol. The van der Waals surface area contributed by atoms with Crippen LogP contribution in [0.4, 0.5) is 0 Å². The van der Waals surface area contributed by atoms with Crippen LogP contribution in [-0.2, 0) is 73.1 Å². The van der Waals surface area contributed by atoms with Crippen molar-refractivity contribution in [1.29, 1.82) is 0 Å². The third kappa shape index (κ3) is 830000000. The van der Waals surface area contributed by atoms with Crippen LogP contribution in [0.25, 0.3) is 0 Å². The molecule has 0 rings (SSSR count). The van der Waals surface area contributed by atoms with E-state index in [1.165, 1.54) is 0 Å². The first-order valence-corrected chi connectivity index (χ1v) is 1.32. The Morgan fingerprint density at radius 2 is 0.667 bits per heavy atom. The summed E-state index contributed by atoms with van der Waals surface area (Å²) < 4.78 is 7.81. The van der Waals surface area contributed by atoms with E-state index in [-0.39, 0.29) is 77.7 Å². The predicted molar refractivity (Wildman–Crippen MR) is 34.4 cm³/mol. The first-order chi connectivity index (χ1) is 3.83. The maximum absolute atomic E-state index is 8.12. The third-order valence-electron chi connectivity index (χ3n) is 0. The van der Waals surface area contributed by atoms with Gasteiger partial charge in [0.1, 0.15) is 0 Å². The minimum absolute atomic E-state index is 0. The average molecular weight is 379 g/mol. The Bertz CT molecular complexity index is 86.1. The van der Waals surface area contributed by atoms with Gasteiger partial charge in [-0.3, -0.25) is 0 Å². The summed E-state index contributed by atoms with van der Waals surface area (Å²) in [6.07, 6.45) is 0.500. The molecule has 0 fully saturated rings.